The van der Waals surface area contributed by atoms with Crippen LogP contribution in [0.5, 0.6) is 0 Å². The molecule has 0 fully saturated rings. The van der Waals surface area contributed by atoms with E-state index < -0.39 is 0 Å². The van der Waals surface area contributed by atoms with Crippen molar-refractivity contribution in [2.24, 2.45) is 0 Å². The molecule has 0 spiro atoms. The van der Waals surface area contributed by atoms with E-state index in [0.29, 0.717) is 17.5 Å². The monoisotopic (exact) mass is 429 g/mol. The van der Waals surface area contributed by atoms with Crippen molar-refractivity contribution in [2.45, 2.75) is 18.6 Å². The Morgan fingerprint density at radius 2 is 2.03 bits per heavy atom. The zero-order chi connectivity index (χ0) is 21.2. The highest BCUT2D eigenvalue weighted by Gasteiger charge is 2.20. The number of H-pyrrole nitrogens is 1. The second-order valence-corrected chi connectivity index (χ2v) is 8.04. The van der Waals surface area contributed by atoms with Crippen LogP contribution in [-0.2, 0) is 6.54 Å². The number of pyridine rings is 1. The van der Waals surface area contributed by atoms with Crippen molar-refractivity contribution in [2.75, 3.05) is 5.75 Å². The molecule has 0 amide bonds. The van der Waals surface area contributed by atoms with Crippen LogP contribution >= 0.6 is 11.8 Å². The molecule has 0 saturated heterocycles. The largest absolute Gasteiger partial charge is 0.467 e. The van der Waals surface area contributed by atoms with Crippen molar-refractivity contribution in [1.82, 2.24) is 24.7 Å². The van der Waals surface area contributed by atoms with Crippen molar-refractivity contribution < 1.29 is 9.21 Å². The third-order valence-corrected chi connectivity index (χ3v) is 6.00. The molecule has 154 valence electrons. The minimum Gasteiger partial charge on any atom is -0.467 e. The Morgan fingerprint density at radius 3 is 2.84 bits per heavy atom. The van der Waals surface area contributed by atoms with E-state index in [1.807, 2.05) is 60.0 Å². The topological polar surface area (TPSA) is 89.6 Å². The van der Waals surface area contributed by atoms with Crippen molar-refractivity contribution in [3.63, 3.8) is 0 Å². The van der Waals surface area contributed by atoms with Gasteiger partial charge in [0.15, 0.2) is 16.8 Å². The molecule has 4 heterocycles. The zero-order valence-corrected chi connectivity index (χ0v) is 17.6. The van der Waals surface area contributed by atoms with Gasteiger partial charge in [-0.15, -0.1) is 10.2 Å². The number of Topliss-reactive ketones (excluding diaryl/α,β-unsaturated/α-hetero) is 1. The summed E-state index contributed by atoms with van der Waals surface area (Å²) < 4.78 is 7.48. The minimum atomic E-state index is 0.0513. The average molecular weight is 430 g/mol. The zero-order valence-electron chi connectivity index (χ0n) is 16.8. The van der Waals surface area contributed by atoms with Gasteiger partial charge < -0.3 is 9.40 Å². The summed E-state index contributed by atoms with van der Waals surface area (Å²) in [7, 11) is 0. The maximum Gasteiger partial charge on any atom is 0.192 e. The molecule has 7 nitrogen and oxygen atoms in total. The van der Waals surface area contributed by atoms with E-state index in [4.69, 9.17) is 4.42 Å². The Balaban J connectivity index is 1.44. The maximum absolute atomic E-state index is 13.1. The molecule has 0 radical (unpaired) electrons. The number of hydrogen-bond acceptors (Lipinski definition) is 6. The lowest BCUT2D eigenvalue weighted by molar-refractivity contribution is 0.102. The summed E-state index contributed by atoms with van der Waals surface area (Å²) in [5, 5.41) is 10.3. The highest BCUT2D eigenvalue weighted by Crippen LogP contribution is 2.28. The highest BCUT2D eigenvalue weighted by molar-refractivity contribution is 7.99. The maximum atomic E-state index is 13.1. The number of aromatic nitrogens is 5. The lowest BCUT2D eigenvalue weighted by atomic mass is 10.1. The molecule has 0 aliphatic rings. The van der Waals surface area contributed by atoms with E-state index in [0.717, 1.165) is 33.5 Å². The molecule has 0 unspecified atom stereocenters. The Kier molecular flexibility index (Phi) is 5.13. The average Bonchev–Trinajstić information content (AvgIpc) is 3.51. The number of rotatable bonds is 7. The van der Waals surface area contributed by atoms with Crippen LogP contribution < -0.4 is 0 Å². The van der Waals surface area contributed by atoms with Crippen molar-refractivity contribution >= 4 is 28.4 Å². The quantitative estimate of drug-likeness (QED) is 0.297. The summed E-state index contributed by atoms with van der Waals surface area (Å²) in [4.78, 5) is 20.6. The lowest BCUT2D eigenvalue weighted by Gasteiger charge is -2.08. The number of aromatic amines is 1. The second kappa shape index (κ2) is 8.23. The number of nitrogens with zero attached hydrogens (tertiary/aromatic N) is 4. The number of furan rings is 1. The van der Waals surface area contributed by atoms with E-state index in [-0.39, 0.29) is 11.5 Å². The third kappa shape index (κ3) is 3.77. The highest BCUT2D eigenvalue weighted by atomic mass is 32.2. The van der Waals surface area contributed by atoms with Crippen LogP contribution in [0, 0.1) is 6.92 Å². The van der Waals surface area contributed by atoms with Gasteiger partial charge in [0.05, 0.1) is 18.6 Å². The predicted octanol–water partition coefficient (Wildman–Crippen LogP) is 4.75. The SMILES string of the molecule is Cc1[nH]c2ccccc2c1C(=O)CSc1nnc(-c2cccnc2)n1Cc1ccco1. The van der Waals surface area contributed by atoms with E-state index in [1.165, 1.54) is 11.8 Å². The molecular weight excluding hydrogens is 410 g/mol. The number of fused-ring (bicyclic) bond motifs is 1. The smallest absolute Gasteiger partial charge is 0.192 e. The van der Waals surface area contributed by atoms with E-state index in [9.17, 15) is 4.79 Å². The third-order valence-electron chi connectivity index (χ3n) is 5.04. The summed E-state index contributed by atoms with van der Waals surface area (Å²) in [5.74, 6) is 1.77. The van der Waals surface area contributed by atoms with Crippen LogP contribution in [0.3, 0.4) is 0 Å². The van der Waals surface area contributed by atoms with Gasteiger partial charge in [-0.05, 0) is 37.3 Å². The summed E-state index contributed by atoms with van der Waals surface area (Å²) in [6, 6.07) is 15.4. The summed E-state index contributed by atoms with van der Waals surface area (Å²) >= 11 is 1.37. The first-order valence-electron chi connectivity index (χ1n) is 9.80. The van der Waals surface area contributed by atoms with Crippen molar-refractivity contribution in [3.05, 3.63) is 84.2 Å². The number of carbonyl (C=O) groups is 1. The first kappa shape index (κ1) is 19.3. The fourth-order valence-corrected chi connectivity index (χ4v) is 4.45. The van der Waals surface area contributed by atoms with Crippen molar-refractivity contribution in [3.8, 4) is 11.4 Å². The number of benzene rings is 1. The van der Waals surface area contributed by atoms with E-state index in [1.54, 1.807) is 18.7 Å². The molecular formula is C23H19N5O2S. The first-order valence-corrected chi connectivity index (χ1v) is 10.8. The molecule has 1 N–H and O–H groups in total. The lowest BCUT2D eigenvalue weighted by Crippen LogP contribution is -2.07. The van der Waals surface area contributed by atoms with Gasteiger partial charge in [-0.25, -0.2) is 0 Å². The fourth-order valence-electron chi connectivity index (χ4n) is 3.64. The Hall–Kier alpha value is -3.65. The van der Waals surface area contributed by atoms with Gasteiger partial charge >= 0.3 is 0 Å². The van der Waals surface area contributed by atoms with Gasteiger partial charge in [-0.2, -0.15) is 0 Å². The van der Waals surface area contributed by atoms with Gasteiger partial charge in [-0.3, -0.25) is 14.3 Å². The number of para-hydroxylation sites is 1. The molecule has 31 heavy (non-hydrogen) atoms. The molecule has 0 atom stereocenters. The fraction of sp³-hybridized carbons (Fsp3) is 0.130. The van der Waals surface area contributed by atoms with Crippen LogP contribution in [0.15, 0.2) is 76.8 Å². The number of hydrogen-bond donors (Lipinski definition) is 1. The standard InChI is InChI=1S/C23H19N5O2S/c1-15-21(18-8-2-3-9-19(18)25-15)20(29)14-31-23-27-26-22(16-6-4-10-24-12-16)28(23)13-17-7-5-11-30-17/h2-12,25H,13-14H2,1H3. The first-order chi connectivity index (χ1) is 15.2. The van der Waals surface area contributed by atoms with Gasteiger partial charge in [0, 0.05) is 40.1 Å². The summed E-state index contributed by atoms with van der Waals surface area (Å²) in [6.07, 6.45) is 5.10. The second-order valence-electron chi connectivity index (χ2n) is 7.10. The van der Waals surface area contributed by atoms with Crippen LogP contribution in [0.2, 0.25) is 0 Å². The van der Waals surface area contributed by atoms with Gasteiger partial charge in [0.25, 0.3) is 0 Å². The number of nitrogens with one attached hydrogen (secondary N) is 1. The summed E-state index contributed by atoms with van der Waals surface area (Å²) in [6.45, 7) is 2.39. The Labute approximate surface area is 182 Å². The summed E-state index contributed by atoms with van der Waals surface area (Å²) in [5.41, 5.74) is 3.42. The Morgan fingerprint density at radius 1 is 1.13 bits per heavy atom. The van der Waals surface area contributed by atoms with Gasteiger partial charge in [-0.1, -0.05) is 30.0 Å². The van der Waals surface area contributed by atoms with Gasteiger partial charge in [0.2, 0.25) is 0 Å². The molecule has 0 aliphatic heterocycles. The molecule has 0 saturated carbocycles. The van der Waals surface area contributed by atoms with Crippen LogP contribution in [0.25, 0.3) is 22.3 Å². The van der Waals surface area contributed by atoms with Crippen LogP contribution in [0.1, 0.15) is 21.8 Å². The van der Waals surface area contributed by atoms with Crippen molar-refractivity contribution in [1.29, 1.82) is 0 Å². The normalized spacial score (nSPS) is 11.3. The number of ketones is 1. The molecule has 0 bridgehead atoms. The molecule has 5 aromatic rings. The molecule has 8 heteroatoms. The molecule has 0 aliphatic carbocycles. The molecule has 1 aromatic carbocycles. The number of thioether (sulfide) groups is 1. The minimum absolute atomic E-state index is 0.0513. The van der Waals surface area contributed by atoms with Gasteiger partial charge in [0.1, 0.15) is 5.76 Å². The van der Waals surface area contributed by atoms with Crippen LogP contribution in [-0.4, -0.2) is 36.3 Å². The number of aryl methyl sites for hydroxylation is 1. The molecule has 5 rings (SSSR count). The predicted molar refractivity (Wildman–Crippen MR) is 119 cm³/mol. The number of carbonyl (C=O) groups excluding carboxylic acids is 1. The Bertz CT molecular complexity index is 1340. The van der Waals surface area contributed by atoms with Crippen LogP contribution in [0.4, 0.5) is 0 Å². The molecule has 4 aromatic heterocycles. The van der Waals surface area contributed by atoms with E-state index >= 15 is 0 Å². The van der Waals surface area contributed by atoms with E-state index in [2.05, 4.69) is 20.2 Å².